The fourth-order valence-corrected chi connectivity index (χ4v) is 0.904. The van der Waals surface area contributed by atoms with Crippen molar-refractivity contribution < 1.29 is 5.11 Å². The lowest BCUT2D eigenvalue weighted by atomic mass is 10.2. The lowest BCUT2D eigenvalue weighted by molar-refractivity contribution is 0.143. The van der Waals surface area contributed by atoms with Crippen LogP contribution in [0.5, 0.6) is 0 Å². The second-order valence-electron chi connectivity index (χ2n) is 3.05. The Balaban J connectivity index is 2.67. The van der Waals surface area contributed by atoms with Crippen LogP contribution in [0.1, 0.15) is 32.2 Å². The molecule has 0 aliphatic rings. The third-order valence-electron chi connectivity index (χ3n) is 1.65. The standard InChI is InChI=1S/C7H15N5O/c1-3-4-12-10-7(9-11-12)6(13)5(2)8/h5-6,13H,3-4,8H2,1-2H3. The molecule has 1 rings (SSSR count). The van der Waals surface area contributed by atoms with E-state index in [4.69, 9.17) is 5.73 Å². The van der Waals surface area contributed by atoms with E-state index in [1.165, 1.54) is 4.80 Å². The van der Waals surface area contributed by atoms with Crippen molar-refractivity contribution >= 4 is 0 Å². The van der Waals surface area contributed by atoms with E-state index in [1.54, 1.807) is 6.92 Å². The molecule has 0 fully saturated rings. The van der Waals surface area contributed by atoms with Gasteiger partial charge in [0.15, 0.2) is 0 Å². The number of aliphatic hydroxyl groups excluding tert-OH is 1. The minimum absolute atomic E-state index is 0.295. The SMILES string of the molecule is CCCn1nnc(C(O)C(C)N)n1. The van der Waals surface area contributed by atoms with Crippen molar-refractivity contribution in [3.63, 3.8) is 0 Å². The van der Waals surface area contributed by atoms with Crippen molar-refractivity contribution in [3.05, 3.63) is 5.82 Å². The molecule has 1 aromatic rings. The second kappa shape index (κ2) is 4.29. The third-order valence-corrected chi connectivity index (χ3v) is 1.65. The molecule has 1 aromatic heterocycles. The van der Waals surface area contributed by atoms with Gasteiger partial charge in [-0.2, -0.15) is 4.80 Å². The summed E-state index contributed by atoms with van der Waals surface area (Å²) < 4.78 is 0. The molecule has 0 amide bonds. The molecule has 0 aromatic carbocycles. The van der Waals surface area contributed by atoms with E-state index < -0.39 is 6.10 Å². The number of rotatable bonds is 4. The van der Waals surface area contributed by atoms with Gasteiger partial charge in [-0.25, -0.2) is 0 Å². The average molecular weight is 185 g/mol. The first-order valence-electron chi connectivity index (χ1n) is 4.36. The van der Waals surface area contributed by atoms with E-state index in [2.05, 4.69) is 15.4 Å². The summed E-state index contributed by atoms with van der Waals surface area (Å²) in [5, 5.41) is 20.9. The van der Waals surface area contributed by atoms with E-state index in [9.17, 15) is 5.11 Å². The summed E-state index contributed by atoms with van der Waals surface area (Å²) in [6.07, 6.45) is 0.106. The minimum Gasteiger partial charge on any atom is -0.383 e. The highest BCUT2D eigenvalue weighted by Gasteiger charge is 2.17. The summed E-state index contributed by atoms with van der Waals surface area (Å²) in [7, 11) is 0. The van der Waals surface area contributed by atoms with Gasteiger partial charge in [-0.15, -0.1) is 10.2 Å². The summed E-state index contributed by atoms with van der Waals surface area (Å²) in [6, 6.07) is -0.376. The highest BCUT2D eigenvalue weighted by molar-refractivity contribution is 4.88. The van der Waals surface area contributed by atoms with E-state index in [0.717, 1.165) is 6.42 Å². The van der Waals surface area contributed by atoms with Crippen LogP contribution >= 0.6 is 0 Å². The van der Waals surface area contributed by atoms with Crippen LogP contribution in [0.25, 0.3) is 0 Å². The van der Waals surface area contributed by atoms with Crippen LogP contribution in [-0.4, -0.2) is 31.4 Å². The zero-order chi connectivity index (χ0) is 9.84. The lowest BCUT2D eigenvalue weighted by Gasteiger charge is -2.08. The topological polar surface area (TPSA) is 89.8 Å². The Bertz CT molecular complexity index is 259. The molecule has 2 unspecified atom stereocenters. The molecule has 13 heavy (non-hydrogen) atoms. The quantitative estimate of drug-likeness (QED) is 0.657. The van der Waals surface area contributed by atoms with Gasteiger partial charge >= 0.3 is 0 Å². The number of aryl methyl sites for hydroxylation is 1. The number of aromatic nitrogens is 4. The van der Waals surface area contributed by atoms with Crippen molar-refractivity contribution in [1.82, 2.24) is 20.2 Å². The van der Waals surface area contributed by atoms with E-state index in [-0.39, 0.29) is 6.04 Å². The largest absolute Gasteiger partial charge is 0.383 e. The molecule has 0 radical (unpaired) electrons. The van der Waals surface area contributed by atoms with Crippen molar-refractivity contribution in [3.8, 4) is 0 Å². The molecule has 6 nitrogen and oxygen atoms in total. The zero-order valence-corrected chi connectivity index (χ0v) is 7.88. The molecule has 0 saturated heterocycles. The van der Waals surface area contributed by atoms with Crippen LogP contribution in [0.3, 0.4) is 0 Å². The summed E-state index contributed by atoms with van der Waals surface area (Å²) in [5.74, 6) is 0.295. The smallest absolute Gasteiger partial charge is 0.204 e. The summed E-state index contributed by atoms with van der Waals surface area (Å²) >= 11 is 0. The van der Waals surface area contributed by atoms with Crippen molar-refractivity contribution in [2.24, 2.45) is 5.73 Å². The maximum atomic E-state index is 9.48. The Hall–Kier alpha value is -1.01. The molecule has 0 aliphatic heterocycles. The summed E-state index contributed by atoms with van der Waals surface area (Å²) in [4.78, 5) is 1.46. The van der Waals surface area contributed by atoms with Gasteiger partial charge in [-0.3, -0.25) is 0 Å². The molecule has 0 saturated carbocycles. The summed E-state index contributed by atoms with van der Waals surface area (Å²) in [5.41, 5.74) is 5.48. The van der Waals surface area contributed by atoms with Gasteiger partial charge in [0, 0.05) is 6.04 Å². The molecule has 6 heteroatoms. The first kappa shape index (κ1) is 10.1. The van der Waals surface area contributed by atoms with Crippen molar-refractivity contribution in [2.75, 3.05) is 0 Å². The monoisotopic (exact) mass is 185 g/mol. The Labute approximate surface area is 76.7 Å². The molecule has 74 valence electrons. The normalized spacial score (nSPS) is 15.7. The predicted octanol–water partition coefficient (Wildman–Crippen LogP) is -0.536. The van der Waals surface area contributed by atoms with Crippen LogP contribution in [0.4, 0.5) is 0 Å². The molecule has 2 atom stereocenters. The minimum atomic E-state index is -0.828. The van der Waals surface area contributed by atoms with E-state index in [1.807, 2.05) is 6.92 Å². The number of hydrogen-bond acceptors (Lipinski definition) is 5. The van der Waals surface area contributed by atoms with Crippen LogP contribution < -0.4 is 5.73 Å². The Kier molecular flexibility index (Phi) is 3.32. The molecular weight excluding hydrogens is 170 g/mol. The first-order valence-corrected chi connectivity index (χ1v) is 4.36. The van der Waals surface area contributed by atoms with Gasteiger partial charge in [-0.05, 0) is 18.6 Å². The van der Waals surface area contributed by atoms with Crippen LogP contribution in [0.15, 0.2) is 0 Å². The van der Waals surface area contributed by atoms with Crippen molar-refractivity contribution in [1.29, 1.82) is 0 Å². The number of nitrogens with zero attached hydrogens (tertiary/aromatic N) is 4. The number of nitrogens with two attached hydrogens (primary N) is 1. The average Bonchev–Trinajstić information content (AvgIpc) is 2.52. The van der Waals surface area contributed by atoms with Gasteiger partial charge < -0.3 is 10.8 Å². The molecular formula is C7H15N5O. The fraction of sp³-hybridized carbons (Fsp3) is 0.857. The molecule has 1 heterocycles. The highest BCUT2D eigenvalue weighted by Crippen LogP contribution is 2.08. The van der Waals surface area contributed by atoms with Gasteiger partial charge in [0.2, 0.25) is 5.82 Å². The van der Waals surface area contributed by atoms with E-state index in [0.29, 0.717) is 12.4 Å². The molecule has 3 N–H and O–H groups in total. The van der Waals surface area contributed by atoms with Crippen LogP contribution in [0, 0.1) is 0 Å². The Morgan fingerprint density at radius 2 is 2.31 bits per heavy atom. The van der Waals surface area contributed by atoms with Crippen LogP contribution in [0.2, 0.25) is 0 Å². The molecule has 0 spiro atoms. The van der Waals surface area contributed by atoms with Gasteiger partial charge in [0.05, 0.1) is 6.54 Å². The maximum absolute atomic E-state index is 9.48. The third kappa shape index (κ3) is 2.46. The first-order chi connectivity index (χ1) is 6.15. The second-order valence-corrected chi connectivity index (χ2v) is 3.05. The van der Waals surface area contributed by atoms with Crippen LogP contribution in [-0.2, 0) is 6.54 Å². The fourth-order valence-electron chi connectivity index (χ4n) is 0.904. The Morgan fingerprint density at radius 1 is 1.62 bits per heavy atom. The zero-order valence-electron chi connectivity index (χ0n) is 7.88. The van der Waals surface area contributed by atoms with E-state index >= 15 is 0 Å². The molecule has 0 bridgehead atoms. The Morgan fingerprint density at radius 3 is 2.85 bits per heavy atom. The number of hydrogen-bond donors (Lipinski definition) is 2. The van der Waals surface area contributed by atoms with Gasteiger partial charge in [0.25, 0.3) is 0 Å². The lowest BCUT2D eigenvalue weighted by Crippen LogP contribution is -2.25. The maximum Gasteiger partial charge on any atom is 0.204 e. The van der Waals surface area contributed by atoms with Gasteiger partial charge in [-0.1, -0.05) is 6.92 Å². The molecule has 0 aliphatic carbocycles. The summed E-state index contributed by atoms with van der Waals surface area (Å²) in [6.45, 7) is 4.43. The van der Waals surface area contributed by atoms with Gasteiger partial charge in [0.1, 0.15) is 6.10 Å². The number of tetrazole rings is 1. The van der Waals surface area contributed by atoms with Crippen molar-refractivity contribution in [2.45, 2.75) is 39.0 Å². The number of aliphatic hydroxyl groups is 1. The highest BCUT2D eigenvalue weighted by atomic mass is 16.3. The predicted molar refractivity (Wildman–Crippen MR) is 46.7 cm³/mol.